The van der Waals surface area contributed by atoms with Crippen LogP contribution in [0, 0.1) is 0 Å². The number of benzene rings is 2. The molecule has 1 fully saturated rings. The molecular weight excluding hydrogens is 376 g/mol. The minimum Gasteiger partial charge on any atom is -0.496 e. The van der Waals surface area contributed by atoms with Crippen LogP contribution in [0.25, 0.3) is 32.1 Å². The molecule has 3 nitrogen and oxygen atoms in total. The first-order valence-corrected chi connectivity index (χ1v) is 11.3. The predicted molar refractivity (Wildman–Crippen MR) is 123 cm³/mol. The lowest BCUT2D eigenvalue weighted by Gasteiger charge is -2.20. The zero-order valence-electron chi connectivity index (χ0n) is 16.9. The van der Waals surface area contributed by atoms with Crippen molar-refractivity contribution in [2.45, 2.75) is 44.7 Å². The highest BCUT2D eigenvalue weighted by Crippen LogP contribution is 2.41. The van der Waals surface area contributed by atoms with Gasteiger partial charge in [0.2, 0.25) is 0 Å². The Balaban J connectivity index is 1.57. The van der Waals surface area contributed by atoms with Crippen molar-refractivity contribution in [2.75, 3.05) is 7.11 Å². The molecule has 1 atom stereocenters. The molecule has 2 aromatic carbocycles. The molecule has 0 amide bonds. The summed E-state index contributed by atoms with van der Waals surface area (Å²) in [4.78, 5) is 4.69. The fraction of sp³-hybridized carbons (Fsp3) is 0.320. The third-order valence-corrected chi connectivity index (χ3v) is 7.04. The van der Waals surface area contributed by atoms with Gasteiger partial charge in [0.15, 0.2) is 0 Å². The summed E-state index contributed by atoms with van der Waals surface area (Å²) in [5.74, 6) is 0.892. The van der Waals surface area contributed by atoms with Crippen LogP contribution < -0.4 is 10.1 Å². The minimum atomic E-state index is 0.367. The molecule has 0 bridgehead atoms. The number of hydrogen-bond acceptors (Lipinski definition) is 4. The lowest BCUT2D eigenvalue weighted by atomic mass is 9.95. The molecule has 1 N–H and O–H groups in total. The lowest BCUT2D eigenvalue weighted by Crippen LogP contribution is -2.28. The maximum atomic E-state index is 5.76. The van der Waals surface area contributed by atoms with Crippen molar-refractivity contribution in [3.63, 3.8) is 0 Å². The van der Waals surface area contributed by atoms with E-state index >= 15 is 0 Å². The van der Waals surface area contributed by atoms with Gasteiger partial charge in [0, 0.05) is 34.6 Å². The molecule has 2 heterocycles. The van der Waals surface area contributed by atoms with Crippen molar-refractivity contribution in [3.05, 3.63) is 59.6 Å². The van der Waals surface area contributed by atoms with E-state index in [2.05, 4.69) is 54.0 Å². The van der Waals surface area contributed by atoms with Crippen LogP contribution in [-0.4, -0.2) is 18.1 Å². The van der Waals surface area contributed by atoms with E-state index < -0.39 is 0 Å². The van der Waals surface area contributed by atoms with Gasteiger partial charge in [-0.05, 0) is 54.5 Å². The largest absolute Gasteiger partial charge is 0.496 e. The first-order valence-electron chi connectivity index (χ1n) is 10.4. The number of pyridine rings is 1. The monoisotopic (exact) mass is 402 g/mol. The lowest BCUT2D eigenvalue weighted by molar-refractivity contribution is 0.417. The van der Waals surface area contributed by atoms with Crippen molar-refractivity contribution in [1.82, 2.24) is 10.3 Å². The van der Waals surface area contributed by atoms with Crippen LogP contribution in [0.3, 0.4) is 0 Å². The molecule has 1 saturated carbocycles. The Morgan fingerprint density at radius 1 is 1.07 bits per heavy atom. The molecule has 0 spiro atoms. The molecule has 2 aromatic heterocycles. The van der Waals surface area contributed by atoms with Crippen LogP contribution in [0.2, 0.25) is 0 Å². The summed E-state index contributed by atoms with van der Waals surface area (Å²) >= 11 is 1.73. The van der Waals surface area contributed by atoms with E-state index in [1.54, 1.807) is 18.4 Å². The van der Waals surface area contributed by atoms with Crippen molar-refractivity contribution in [2.24, 2.45) is 0 Å². The highest BCUT2D eigenvalue weighted by atomic mass is 32.1. The molecule has 4 aromatic rings. The molecule has 1 aliphatic carbocycles. The molecule has 4 heteroatoms. The zero-order chi connectivity index (χ0) is 19.8. The van der Waals surface area contributed by atoms with Crippen LogP contribution in [-0.2, 0) is 0 Å². The van der Waals surface area contributed by atoms with Crippen LogP contribution >= 0.6 is 11.3 Å². The molecule has 148 valence electrons. The fourth-order valence-corrected chi connectivity index (χ4v) is 5.41. The Morgan fingerprint density at radius 3 is 2.62 bits per heavy atom. The van der Waals surface area contributed by atoms with Gasteiger partial charge in [0.05, 0.1) is 17.3 Å². The molecule has 1 unspecified atom stereocenters. The maximum Gasteiger partial charge on any atom is 0.127 e. The normalized spacial score (nSPS) is 15.9. The van der Waals surface area contributed by atoms with Gasteiger partial charge < -0.3 is 10.1 Å². The summed E-state index contributed by atoms with van der Waals surface area (Å²) in [7, 11) is 1.74. The third kappa shape index (κ3) is 3.41. The first kappa shape index (κ1) is 18.6. The minimum absolute atomic E-state index is 0.367. The van der Waals surface area contributed by atoms with E-state index in [-0.39, 0.29) is 0 Å². The van der Waals surface area contributed by atoms with Crippen molar-refractivity contribution in [1.29, 1.82) is 0 Å². The van der Waals surface area contributed by atoms with E-state index in [4.69, 9.17) is 9.72 Å². The van der Waals surface area contributed by atoms with Gasteiger partial charge in [-0.2, -0.15) is 0 Å². The number of ether oxygens (including phenoxy) is 1. The standard InChI is InChI=1S/C25H26N2OS/c1-16(27-19-5-3-4-6-19)17-7-9-18(10-8-17)24-22(28-2)12-11-21-25(24)20-13-14-29-23(20)15-26-21/h7-16,19,27H,3-6H2,1-2H3. The first-order chi connectivity index (χ1) is 14.2. The van der Waals surface area contributed by atoms with E-state index in [1.165, 1.54) is 52.3 Å². The number of hydrogen-bond donors (Lipinski definition) is 1. The predicted octanol–water partition coefficient (Wildman–Crippen LogP) is 6.72. The van der Waals surface area contributed by atoms with E-state index in [1.807, 2.05) is 12.3 Å². The topological polar surface area (TPSA) is 34.1 Å². The molecular formula is C25H26N2OS. The summed E-state index contributed by atoms with van der Waals surface area (Å²) in [6.45, 7) is 2.27. The van der Waals surface area contributed by atoms with E-state index in [0.717, 1.165) is 16.8 Å². The van der Waals surface area contributed by atoms with Gasteiger partial charge in [0.25, 0.3) is 0 Å². The molecule has 29 heavy (non-hydrogen) atoms. The second kappa shape index (κ2) is 7.77. The average Bonchev–Trinajstić information content (AvgIpc) is 3.44. The van der Waals surface area contributed by atoms with Crippen molar-refractivity contribution >= 4 is 32.3 Å². The smallest absolute Gasteiger partial charge is 0.127 e. The number of aromatic nitrogens is 1. The molecule has 0 saturated heterocycles. The highest BCUT2D eigenvalue weighted by Gasteiger charge is 2.19. The summed E-state index contributed by atoms with van der Waals surface area (Å²) < 4.78 is 6.97. The molecule has 0 aliphatic heterocycles. The number of rotatable bonds is 5. The van der Waals surface area contributed by atoms with Gasteiger partial charge in [0.1, 0.15) is 5.75 Å². The zero-order valence-corrected chi connectivity index (χ0v) is 17.8. The Hall–Kier alpha value is -2.43. The highest BCUT2D eigenvalue weighted by molar-refractivity contribution is 7.17. The quantitative estimate of drug-likeness (QED) is 0.402. The summed E-state index contributed by atoms with van der Waals surface area (Å²) in [5, 5.41) is 8.35. The van der Waals surface area contributed by atoms with Crippen molar-refractivity contribution < 1.29 is 4.74 Å². The van der Waals surface area contributed by atoms with Gasteiger partial charge in [-0.1, -0.05) is 37.1 Å². The van der Waals surface area contributed by atoms with Gasteiger partial charge in [-0.3, -0.25) is 4.98 Å². The van der Waals surface area contributed by atoms with Crippen molar-refractivity contribution in [3.8, 4) is 16.9 Å². The number of nitrogens with zero attached hydrogens (tertiary/aromatic N) is 1. The Bertz CT molecular complexity index is 1140. The second-order valence-corrected chi connectivity index (χ2v) is 8.93. The van der Waals surface area contributed by atoms with Gasteiger partial charge in [-0.25, -0.2) is 0 Å². The molecule has 1 aliphatic rings. The van der Waals surface area contributed by atoms with Gasteiger partial charge in [-0.15, -0.1) is 11.3 Å². The third-order valence-electron chi connectivity index (χ3n) is 6.19. The SMILES string of the molecule is COc1ccc2ncc3sccc3c2c1-c1ccc(C(C)NC2CCCC2)cc1. The van der Waals surface area contributed by atoms with Crippen LogP contribution in [0.1, 0.15) is 44.2 Å². The summed E-state index contributed by atoms with van der Waals surface area (Å²) in [6.07, 6.45) is 7.29. The summed E-state index contributed by atoms with van der Waals surface area (Å²) in [6, 6.07) is 16.3. The van der Waals surface area contributed by atoms with Crippen LogP contribution in [0.4, 0.5) is 0 Å². The molecule has 0 radical (unpaired) electrons. The number of methoxy groups -OCH3 is 1. The number of thiophene rings is 1. The number of fused-ring (bicyclic) bond motifs is 3. The fourth-order valence-electron chi connectivity index (χ4n) is 4.65. The van der Waals surface area contributed by atoms with Crippen LogP contribution in [0.5, 0.6) is 5.75 Å². The molecule has 5 rings (SSSR count). The van der Waals surface area contributed by atoms with E-state index in [0.29, 0.717) is 12.1 Å². The maximum absolute atomic E-state index is 5.76. The average molecular weight is 403 g/mol. The second-order valence-electron chi connectivity index (χ2n) is 7.99. The summed E-state index contributed by atoms with van der Waals surface area (Å²) in [5.41, 5.74) is 4.64. The Labute approximate surface area is 175 Å². The Morgan fingerprint density at radius 2 is 1.86 bits per heavy atom. The number of nitrogens with one attached hydrogen (secondary N) is 1. The van der Waals surface area contributed by atoms with E-state index in [9.17, 15) is 0 Å². The Kier molecular flexibility index (Phi) is 4.98. The van der Waals surface area contributed by atoms with Crippen LogP contribution in [0.15, 0.2) is 54.0 Å². The van der Waals surface area contributed by atoms with Gasteiger partial charge >= 0.3 is 0 Å².